The van der Waals surface area contributed by atoms with Crippen LogP contribution in [0.25, 0.3) is 10.9 Å². The number of piperidine rings is 1. The fourth-order valence-electron chi connectivity index (χ4n) is 2.62. The Morgan fingerprint density at radius 1 is 1.00 bits per heavy atom. The van der Waals surface area contributed by atoms with Crippen LogP contribution in [0.5, 0.6) is 0 Å². The highest BCUT2D eigenvalue weighted by molar-refractivity contribution is 5.91. The zero-order chi connectivity index (χ0) is 11.7. The Bertz CT molecular complexity index is 527. The Labute approximate surface area is 102 Å². The lowest BCUT2D eigenvalue weighted by Gasteiger charge is -2.29. The van der Waals surface area contributed by atoms with E-state index >= 15 is 0 Å². The molecule has 1 aromatic heterocycles. The first-order valence-corrected chi connectivity index (χ1v) is 6.46. The number of hydrogen-bond acceptors (Lipinski definition) is 2. The van der Waals surface area contributed by atoms with Gasteiger partial charge >= 0.3 is 0 Å². The Morgan fingerprint density at radius 2 is 1.82 bits per heavy atom. The van der Waals surface area contributed by atoms with Crippen molar-refractivity contribution in [1.29, 1.82) is 0 Å². The van der Waals surface area contributed by atoms with Gasteiger partial charge in [-0.15, -0.1) is 0 Å². The molecule has 1 saturated heterocycles. The van der Waals surface area contributed by atoms with Gasteiger partial charge in [-0.25, -0.2) is 0 Å². The minimum absolute atomic E-state index is 1.10. The zero-order valence-corrected chi connectivity index (χ0v) is 10.3. The van der Waals surface area contributed by atoms with Crippen LogP contribution in [0.2, 0.25) is 0 Å². The summed E-state index contributed by atoms with van der Waals surface area (Å²) in [5.74, 6) is 0. The Balaban J connectivity index is 2.11. The fraction of sp³-hybridized carbons (Fsp3) is 0.400. The van der Waals surface area contributed by atoms with Gasteiger partial charge in [0.2, 0.25) is 0 Å². The average molecular weight is 226 g/mol. The molecule has 88 valence electrons. The van der Waals surface area contributed by atoms with Gasteiger partial charge in [0.05, 0.1) is 11.2 Å². The molecule has 2 nitrogen and oxygen atoms in total. The van der Waals surface area contributed by atoms with Crippen LogP contribution < -0.4 is 4.90 Å². The van der Waals surface area contributed by atoms with Crippen molar-refractivity contribution in [2.45, 2.75) is 26.2 Å². The van der Waals surface area contributed by atoms with Gasteiger partial charge in [-0.3, -0.25) is 4.98 Å². The lowest BCUT2D eigenvalue weighted by Crippen LogP contribution is -2.29. The first kappa shape index (κ1) is 10.6. The van der Waals surface area contributed by atoms with Crippen LogP contribution >= 0.6 is 0 Å². The summed E-state index contributed by atoms with van der Waals surface area (Å²) < 4.78 is 0. The molecule has 2 aromatic rings. The van der Waals surface area contributed by atoms with E-state index in [2.05, 4.69) is 42.2 Å². The molecule has 0 N–H and O–H groups in total. The summed E-state index contributed by atoms with van der Waals surface area (Å²) in [5, 5.41) is 1.25. The van der Waals surface area contributed by atoms with E-state index in [0.29, 0.717) is 0 Å². The molecule has 2 heteroatoms. The lowest BCUT2D eigenvalue weighted by atomic mass is 10.1. The molecule has 0 saturated carbocycles. The van der Waals surface area contributed by atoms with Crippen molar-refractivity contribution in [3.05, 3.63) is 36.0 Å². The summed E-state index contributed by atoms with van der Waals surface area (Å²) in [4.78, 5) is 7.19. The molecule has 17 heavy (non-hydrogen) atoms. The third-order valence-electron chi connectivity index (χ3n) is 3.53. The second-order valence-electron chi connectivity index (χ2n) is 4.85. The minimum atomic E-state index is 1.10. The topological polar surface area (TPSA) is 16.1 Å². The van der Waals surface area contributed by atoms with Crippen LogP contribution in [0.4, 0.5) is 5.69 Å². The highest BCUT2D eigenvalue weighted by atomic mass is 15.1. The SMILES string of the molecule is Cc1ccc2cccc(N3CCCCC3)c2n1. The van der Waals surface area contributed by atoms with Crippen LogP contribution in [0.15, 0.2) is 30.3 Å². The molecule has 1 fully saturated rings. The van der Waals surface area contributed by atoms with Gasteiger partial charge in [0, 0.05) is 24.2 Å². The minimum Gasteiger partial charge on any atom is -0.370 e. The number of anilines is 1. The van der Waals surface area contributed by atoms with Gasteiger partial charge in [-0.2, -0.15) is 0 Å². The highest BCUT2D eigenvalue weighted by Gasteiger charge is 2.13. The van der Waals surface area contributed by atoms with E-state index in [0.717, 1.165) is 11.2 Å². The first-order chi connectivity index (χ1) is 8.34. The molecule has 0 atom stereocenters. The van der Waals surface area contributed by atoms with Gasteiger partial charge in [0.25, 0.3) is 0 Å². The summed E-state index contributed by atoms with van der Waals surface area (Å²) in [6.07, 6.45) is 3.98. The van der Waals surface area contributed by atoms with Gasteiger partial charge in [-0.05, 0) is 38.3 Å². The lowest BCUT2D eigenvalue weighted by molar-refractivity contribution is 0.579. The Morgan fingerprint density at radius 3 is 2.65 bits per heavy atom. The van der Waals surface area contributed by atoms with E-state index in [-0.39, 0.29) is 0 Å². The molecular formula is C15H18N2. The van der Waals surface area contributed by atoms with E-state index in [1.165, 1.54) is 43.4 Å². The van der Waals surface area contributed by atoms with E-state index in [9.17, 15) is 0 Å². The summed E-state index contributed by atoms with van der Waals surface area (Å²) in [6, 6.07) is 10.8. The average Bonchev–Trinajstić information content (AvgIpc) is 2.39. The molecule has 1 aliphatic rings. The molecule has 0 unspecified atom stereocenters. The second-order valence-corrected chi connectivity index (χ2v) is 4.85. The van der Waals surface area contributed by atoms with E-state index in [1.807, 2.05) is 0 Å². The van der Waals surface area contributed by atoms with Gasteiger partial charge in [0.1, 0.15) is 0 Å². The van der Waals surface area contributed by atoms with Gasteiger partial charge in [0.15, 0.2) is 0 Å². The van der Waals surface area contributed by atoms with Crippen molar-refractivity contribution in [3.8, 4) is 0 Å². The number of fused-ring (bicyclic) bond motifs is 1. The molecule has 3 rings (SSSR count). The molecule has 2 heterocycles. The maximum atomic E-state index is 4.71. The maximum absolute atomic E-state index is 4.71. The largest absolute Gasteiger partial charge is 0.370 e. The summed E-state index contributed by atoms with van der Waals surface area (Å²) >= 11 is 0. The number of hydrogen-bond donors (Lipinski definition) is 0. The first-order valence-electron chi connectivity index (χ1n) is 6.46. The second kappa shape index (κ2) is 4.36. The quantitative estimate of drug-likeness (QED) is 0.739. The third kappa shape index (κ3) is 1.99. The molecule has 0 amide bonds. The van der Waals surface area contributed by atoms with Crippen molar-refractivity contribution in [2.75, 3.05) is 18.0 Å². The Kier molecular flexibility index (Phi) is 2.71. The summed E-state index contributed by atoms with van der Waals surface area (Å²) in [7, 11) is 0. The van der Waals surface area contributed by atoms with Crippen molar-refractivity contribution in [2.24, 2.45) is 0 Å². The fourth-order valence-corrected chi connectivity index (χ4v) is 2.62. The van der Waals surface area contributed by atoms with E-state index in [1.54, 1.807) is 0 Å². The molecule has 0 aliphatic carbocycles. The number of pyridine rings is 1. The van der Waals surface area contributed by atoms with E-state index in [4.69, 9.17) is 4.98 Å². The number of rotatable bonds is 1. The van der Waals surface area contributed by atoms with Crippen LogP contribution in [0, 0.1) is 6.92 Å². The molecular weight excluding hydrogens is 208 g/mol. The normalized spacial score (nSPS) is 16.4. The number of aromatic nitrogens is 1. The molecule has 0 radical (unpaired) electrons. The number of nitrogens with zero attached hydrogens (tertiary/aromatic N) is 2. The van der Waals surface area contributed by atoms with E-state index < -0.39 is 0 Å². The zero-order valence-electron chi connectivity index (χ0n) is 10.3. The molecule has 1 aromatic carbocycles. The van der Waals surface area contributed by atoms with Crippen LogP contribution in [-0.2, 0) is 0 Å². The van der Waals surface area contributed by atoms with Crippen LogP contribution in [0.1, 0.15) is 25.0 Å². The molecule has 0 spiro atoms. The van der Waals surface area contributed by atoms with Crippen LogP contribution in [0.3, 0.4) is 0 Å². The standard InChI is InChI=1S/C15H18N2/c1-12-8-9-13-6-5-7-14(15(13)16-12)17-10-3-2-4-11-17/h5-9H,2-4,10-11H2,1H3. The monoisotopic (exact) mass is 226 g/mol. The summed E-state index contributed by atoms with van der Waals surface area (Å²) in [6.45, 7) is 4.41. The van der Waals surface area contributed by atoms with Crippen molar-refractivity contribution < 1.29 is 0 Å². The predicted molar refractivity (Wildman–Crippen MR) is 72.5 cm³/mol. The van der Waals surface area contributed by atoms with Crippen molar-refractivity contribution in [3.63, 3.8) is 0 Å². The van der Waals surface area contributed by atoms with Gasteiger partial charge in [-0.1, -0.05) is 18.2 Å². The highest BCUT2D eigenvalue weighted by Crippen LogP contribution is 2.27. The predicted octanol–water partition coefficient (Wildman–Crippen LogP) is 3.53. The van der Waals surface area contributed by atoms with Crippen molar-refractivity contribution >= 4 is 16.6 Å². The van der Waals surface area contributed by atoms with Crippen LogP contribution in [-0.4, -0.2) is 18.1 Å². The number of aryl methyl sites for hydroxylation is 1. The maximum Gasteiger partial charge on any atom is 0.0938 e. The third-order valence-corrected chi connectivity index (χ3v) is 3.53. The number of para-hydroxylation sites is 1. The van der Waals surface area contributed by atoms with Gasteiger partial charge < -0.3 is 4.90 Å². The molecule has 0 bridgehead atoms. The number of benzene rings is 1. The van der Waals surface area contributed by atoms with Crippen molar-refractivity contribution in [1.82, 2.24) is 4.98 Å². The molecule has 1 aliphatic heterocycles. The Hall–Kier alpha value is -1.57. The smallest absolute Gasteiger partial charge is 0.0938 e. The summed E-state index contributed by atoms with van der Waals surface area (Å²) in [5.41, 5.74) is 3.57.